The number of sulfone groups is 1. The van der Waals surface area contributed by atoms with Gasteiger partial charge in [-0.2, -0.15) is 0 Å². The van der Waals surface area contributed by atoms with Crippen LogP contribution in [0.15, 0.2) is 29.2 Å². The third-order valence-corrected chi connectivity index (χ3v) is 4.55. The molecule has 0 amide bonds. The lowest BCUT2D eigenvalue weighted by Gasteiger charge is -2.03. The van der Waals surface area contributed by atoms with Gasteiger partial charge in [0.25, 0.3) is 0 Å². The van der Waals surface area contributed by atoms with Crippen LogP contribution in [0.5, 0.6) is 0 Å². The number of benzene rings is 1. The van der Waals surface area contributed by atoms with Gasteiger partial charge < -0.3 is 0 Å². The number of hydrogen-bond acceptors (Lipinski definition) is 2. The Kier molecular flexibility index (Phi) is 7.14. The molecular weight excluding hydrogens is 256 g/mol. The molecule has 0 atom stereocenters. The van der Waals surface area contributed by atoms with Gasteiger partial charge in [0.05, 0.1) is 4.90 Å². The Bertz CT molecular complexity index is 446. The molecule has 2 nitrogen and oxygen atoms in total. The van der Waals surface area contributed by atoms with E-state index in [0.717, 1.165) is 6.42 Å². The third-order valence-electron chi connectivity index (χ3n) is 3.42. The third kappa shape index (κ3) is 6.76. The van der Waals surface area contributed by atoms with Crippen LogP contribution in [0.25, 0.3) is 0 Å². The zero-order valence-electron chi connectivity index (χ0n) is 12.2. The van der Waals surface area contributed by atoms with Gasteiger partial charge in [-0.05, 0) is 30.5 Å². The molecule has 1 aromatic rings. The predicted molar refractivity (Wildman–Crippen MR) is 81.2 cm³/mol. The lowest BCUT2D eigenvalue weighted by Crippen LogP contribution is -1.97. The van der Waals surface area contributed by atoms with Gasteiger partial charge in [0.15, 0.2) is 9.84 Å². The molecule has 0 heterocycles. The summed E-state index contributed by atoms with van der Waals surface area (Å²) in [5.41, 5.74) is 1.24. The van der Waals surface area contributed by atoms with Gasteiger partial charge in [-0.25, -0.2) is 8.42 Å². The molecule has 0 aliphatic carbocycles. The molecule has 19 heavy (non-hydrogen) atoms. The zero-order valence-corrected chi connectivity index (χ0v) is 13.0. The van der Waals surface area contributed by atoms with Gasteiger partial charge in [0, 0.05) is 6.26 Å². The molecule has 0 saturated heterocycles. The van der Waals surface area contributed by atoms with Crippen LogP contribution < -0.4 is 0 Å². The summed E-state index contributed by atoms with van der Waals surface area (Å²) in [6.45, 7) is 2.24. The molecule has 0 fully saturated rings. The monoisotopic (exact) mass is 282 g/mol. The van der Waals surface area contributed by atoms with E-state index in [4.69, 9.17) is 0 Å². The van der Waals surface area contributed by atoms with Crippen molar-refractivity contribution in [3.8, 4) is 0 Å². The van der Waals surface area contributed by atoms with Crippen molar-refractivity contribution in [2.45, 2.75) is 63.2 Å². The van der Waals surface area contributed by atoms with E-state index in [9.17, 15) is 8.42 Å². The van der Waals surface area contributed by atoms with Crippen LogP contribution in [0.4, 0.5) is 0 Å². The summed E-state index contributed by atoms with van der Waals surface area (Å²) in [7, 11) is -3.06. The molecule has 0 aliphatic rings. The number of rotatable bonds is 9. The molecule has 0 radical (unpaired) electrons. The summed E-state index contributed by atoms with van der Waals surface area (Å²) in [6.07, 6.45) is 11.5. The van der Waals surface area contributed by atoms with Gasteiger partial charge in [-0.3, -0.25) is 0 Å². The minimum Gasteiger partial charge on any atom is -0.224 e. The molecule has 1 aromatic carbocycles. The molecule has 1 rings (SSSR count). The Hall–Kier alpha value is -0.830. The van der Waals surface area contributed by atoms with Gasteiger partial charge in [-0.15, -0.1) is 0 Å². The lowest BCUT2D eigenvalue weighted by molar-refractivity contribution is 0.589. The van der Waals surface area contributed by atoms with Crippen molar-refractivity contribution in [1.29, 1.82) is 0 Å². The van der Waals surface area contributed by atoms with E-state index in [2.05, 4.69) is 6.92 Å². The fourth-order valence-electron chi connectivity index (χ4n) is 2.19. The first kappa shape index (κ1) is 16.2. The van der Waals surface area contributed by atoms with Crippen molar-refractivity contribution < 1.29 is 8.42 Å². The van der Waals surface area contributed by atoms with E-state index >= 15 is 0 Å². The maximum absolute atomic E-state index is 11.3. The van der Waals surface area contributed by atoms with Crippen LogP contribution in [0.3, 0.4) is 0 Å². The summed E-state index contributed by atoms with van der Waals surface area (Å²) < 4.78 is 22.7. The largest absolute Gasteiger partial charge is 0.224 e. The first-order valence-electron chi connectivity index (χ1n) is 7.33. The highest BCUT2D eigenvalue weighted by Gasteiger charge is 2.05. The Morgan fingerprint density at radius 2 is 1.37 bits per heavy atom. The molecule has 3 heteroatoms. The average Bonchev–Trinajstić information content (AvgIpc) is 2.37. The Labute approximate surface area is 118 Å². The SMILES string of the molecule is CCCCCCCCCc1ccc(S(C)(=O)=O)cc1. The van der Waals surface area contributed by atoms with E-state index < -0.39 is 9.84 Å². The summed E-state index contributed by atoms with van der Waals surface area (Å²) in [5, 5.41) is 0. The first-order chi connectivity index (χ1) is 9.04. The van der Waals surface area contributed by atoms with Crippen LogP contribution in [0.2, 0.25) is 0 Å². The Morgan fingerprint density at radius 3 is 1.89 bits per heavy atom. The molecule has 0 aromatic heterocycles. The first-order valence-corrected chi connectivity index (χ1v) is 9.22. The molecular formula is C16H26O2S. The van der Waals surface area contributed by atoms with Crippen LogP contribution in [0, 0.1) is 0 Å². The quantitative estimate of drug-likeness (QED) is 0.630. The fourth-order valence-corrected chi connectivity index (χ4v) is 2.82. The highest BCUT2D eigenvalue weighted by atomic mass is 32.2. The van der Waals surface area contributed by atoms with E-state index in [0.29, 0.717) is 4.90 Å². The van der Waals surface area contributed by atoms with Crippen LogP contribution in [-0.4, -0.2) is 14.7 Å². The molecule has 0 N–H and O–H groups in total. The van der Waals surface area contributed by atoms with E-state index in [-0.39, 0.29) is 0 Å². The molecule has 0 spiro atoms. The molecule has 0 bridgehead atoms. The summed E-state index contributed by atoms with van der Waals surface area (Å²) in [4.78, 5) is 0.413. The topological polar surface area (TPSA) is 34.1 Å². The smallest absolute Gasteiger partial charge is 0.175 e. The number of unbranched alkanes of at least 4 members (excludes halogenated alkanes) is 6. The van der Waals surface area contributed by atoms with Crippen molar-refractivity contribution in [2.24, 2.45) is 0 Å². The Balaban J connectivity index is 2.23. The summed E-state index contributed by atoms with van der Waals surface area (Å²) in [5.74, 6) is 0. The van der Waals surface area contributed by atoms with E-state index in [1.807, 2.05) is 12.1 Å². The normalized spacial score (nSPS) is 11.7. The highest BCUT2D eigenvalue weighted by Crippen LogP contribution is 2.14. The van der Waals surface area contributed by atoms with Crippen LogP contribution in [-0.2, 0) is 16.3 Å². The van der Waals surface area contributed by atoms with Crippen molar-refractivity contribution in [1.82, 2.24) is 0 Å². The van der Waals surface area contributed by atoms with Gasteiger partial charge in [-0.1, -0.05) is 57.6 Å². The standard InChI is InChI=1S/C16H26O2S/c1-3-4-5-6-7-8-9-10-15-11-13-16(14-12-15)19(2,17)18/h11-14H,3-10H2,1-2H3. The van der Waals surface area contributed by atoms with E-state index in [1.165, 1.54) is 56.8 Å². The van der Waals surface area contributed by atoms with Crippen molar-refractivity contribution >= 4 is 9.84 Å². The number of hydrogen-bond donors (Lipinski definition) is 0. The Morgan fingerprint density at radius 1 is 0.842 bits per heavy atom. The maximum atomic E-state index is 11.3. The fraction of sp³-hybridized carbons (Fsp3) is 0.625. The van der Waals surface area contributed by atoms with Crippen molar-refractivity contribution in [3.05, 3.63) is 29.8 Å². The predicted octanol–water partition coefficient (Wildman–Crippen LogP) is 4.38. The molecule has 0 unspecified atom stereocenters. The second kappa shape index (κ2) is 8.36. The molecule has 108 valence electrons. The minimum absolute atomic E-state index is 0.413. The minimum atomic E-state index is -3.06. The second-order valence-electron chi connectivity index (χ2n) is 5.29. The zero-order chi connectivity index (χ0) is 14.1. The maximum Gasteiger partial charge on any atom is 0.175 e. The number of aryl methyl sites for hydroxylation is 1. The summed E-state index contributed by atoms with van der Waals surface area (Å²) >= 11 is 0. The second-order valence-corrected chi connectivity index (χ2v) is 7.30. The van der Waals surface area contributed by atoms with Crippen molar-refractivity contribution in [2.75, 3.05) is 6.26 Å². The average molecular weight is 282 g/mol. The highest BCUT2D eigenvalue weighted by molar-refractivity contribution is 7.90. The van der Waals surface area contributed by atoms with Crippen LogP contribution >= 0.6 is 0 Å². The van der Waals surface area contributed by atoms with Gasteiger partial charge in [0.2, 0.25) is 0 Å². The van der Waals surface area contributed by atoms with Gasteiger partial charge in [0.1, 0.15) is 0 Å². The van der Waals surface area contributed by atoms with E-state index in [1.54, 1.807) is 12.1 Å². The van der Waals surface area contributed by atoms with Crippen molar-refractivity contribution in [3.63, 3.8) is 0 Å². The molecule has 0 saturated carbocycles. The lowest BCUT2D eigenvalue weighted by atomic mass is 10.0. The van der Waals surface area contributed by atoms with Crippen LogP contribution in [0.1, 0.15) is 57.4 Å². The molecule has 0 aliphatic heterocycles. The summed E-state index contributed by atoms with van der Waals surface area (Å²) in [6, 6.07) is 7.30. The van der Waals surface area contributed by atoms with Gasteiger partial charge >= 0.3 is 0 Å².